The van der Waals surface area contributed by atoms with Gasteiger partial charge in [-0.2, -0.15) is 0 Å². The molecule has 0 fully saturated rings. The number of ether oxygens (including phenoxy) is 1. The fourth-order valence-corrected chi connectivity index (χ4v) is 1.57. The van der Waals surface area contributed by atoms with E-state index in [-0.39, 0.29) is 5.91 Å². The summed E-state index contributed by atoms with van der Waals surface area (Å²) in [6.45, 7) is 0. The van der Waals surface area contributed by atoms with Crippen LogP contribution in [0.15, 0.2) is 30.0 Å². The number of nitrogens with two attached hydrogens (primary N) is 1. The second kappa shape index (κ2) is 4.29. The van der Waals surface area contributed by atoms with E-state index in [2.05, 4.69) is 5.32 Å². The summed E-state index contributed by atoms with van der Waals surface area (Å²) >= 11 is 0. The Labute approximate surface area is 99.2 Å². The summed E-state index contributed by atoms with van der Waals surface area (Å²) in [5.74, 6) is 0.929. The summed E-state index contributed by atoms with van der Waals surface area (Å²) in [6, 6.07) is 7.43. The number of nitrogens with one attached hydrogen (secondary N) is 1. The molecule has 0 bridgehead atoms. The topological polar surface area (TPSA) is 67.4 Å². The summed E-state index contributed by atoms with van der Waals surface area (Å²) in [4.78, 5) is 11.6. The average molecular weight is 232 g/mol. The van der Waals surface area contributed by atoms with Crippen molar-refractivity contribution in [3.05, 3.63) is 35.5 Å². The molecule has 0 spiro atoms. The van der Waals surface area contributed by atoms with Gasteiger partial charge in [-0.3, -0.25) is 5.73 Å². The quantitative estimate of drug-likeness (QED) is 0.562. The Morgan fingerprint density at radius 2 is 2.00 bits per heavy atom. The van der Waals surface area contributed by atoms with Crippen LogP contribution < -0.4 is 15.8 Å². The van der Waals surface area contributed by atoms with Crippen molar-refractivity contribution >= 4 is 17.9 Å². The van der Waals surface area contributed by atoms with Crippen molar-refractivity contribution in [2.45, 2.75) is 0 Å². The minimum atomic E-state index is -0.194. The lowest BCUT2D eigenvalue weighted by Crippen LogP contribution is -2.32. The van der Waals surface area contributed by atoms with Gasteiger partial charge >= 0.3 is 11.9 Å². The maximum atomic E-state index is 11.6. The molecule has 0 radical (unpaired) electrons. The van der Waals surface area contributed by atoms with E-state index in [1.807, 2.05) is 24.3 Å². The lowest BCUT2D eigenvalue weighted by Gasteiger charge is -2.00. The van der Waals surface area contributed by atoms with E-state index in [0.717, 1.165) is 11.3 Å². The van der Waals surface area contributed by atoms with E-state index in [1.165, 1.54) is 0 Å². The fourth-order valence-electron chi connectivity index (χ4n) is 1.57. The van der Waals surface area contributed by atoms with E-state index in [1.54, 1.807) is 24.8 Å². The van der Waals surface area contributed by atoms with Crippen LogP contribution in [0.3, 0.4) is 0 Å². The number of benzene rings is 1. The van der Waals surface area contributed by atoms with Crippen molar-refractivity contribution in [1.29, 1.82) is 0 Å². The van der Waals surface area contributed by atoms with Crippen LogP contribution in [-0.2, 0) is 4.79 Å². The van der Waals surface area contributed by atoms with Gasteiger partial charge in [0.2, 0.25) is 0 Å². The molecule has 1 aliphatic rings. The fraction of sp³-hybridized carbons (Fsp3) is 0.167. The van der Waals surface area contributed by atoms with Gasteiger partial charge in [0, 0.05) is 0 Å². The molecular formula is C12H14N3O2+. The SMILES string of the molecule is COc1ccc(/C=C2/C(=O)NC(N)=[N+]2C)cc1. The van der Waals surface area contributed by atoms with Crippen molar-refractivity contribution < 1.29 is 14.1 Å². The molecule has 88 valence electrons. The first-order valence-electron chi connectivity index (χ1n) is 5.15. The van der Waals surface area contributed by atoms with Crippen LogP contribution in [0.2, 0.25) is 0 Å². The van der Waals surface area contributed by atoms with Gasteiger partial charge in [-0.15, -0.1) is 0 Å². The number of guanidine groups is 1. The number of likely N-dealkylation sites (N-methyl/N-ethyl adjacent to an activating group) is 1. The second-order valence-corrected chi connectivity index (χ2v) is 3.70. The Kier molecular flexibility index (Phi) is 2.82. The van der Waals surface area contributed by atoms with Gasteiger partial charge in [0.25, 0.3) is 0 Å². The zero-order valence-corrected chi connectivity index (χ0v) is 9.73. The summed E-state index contributed by atoms with van der Waals surface area (Å²) in [6.07, 6.45) is 1.77. The van der Waals surface area contributed by atoms with Crippen molar-refractivity contribution in [3.8, 4) is 5.75 Å². The molecule has 1 amide bonds. The minimum absolute atomic E-state index is 0.194. The van der Waals surface area contributed by atoms with Gasteiger partial charge in [-0.05, 0) is 23.8 Å². The zero-order chi connectivity index (χ0) is 12.4. The van der Waals surface area contributed by atoms with Gasteiger partial charge in [-0.25, -0.2) is 14.7 Å². The first-order valence-corrected chi connectivity index (χ1v) is 5.15. The third kappa shape index (κ3) is 2.13. The van der Waals surface area contributed by atoms with Crippen LogP contribution in [0, 0.1) is 0 Å². The number of nitrogens with zero attached hydrogens (tertiary/aromatic N) is 1. The molecule has 5 nitrogen and oxygen atoms in total. The maximum absolute atomic E-state index is 11.6. The Morgan fingerprint density at radius 1 is 1.35 bits per heavy atom. The number of hydrogen-bond acceptors (Lipinski definition) is 3. The highest BCUT2D eigenvalue weighted by atomic mass is 16.5. The number of methoxy groups -OCH3 is 1. The largest absolute Gasteiger partial charge is 0.497 e. The first-order chi connectivity index (χ1) is 8.11. The monoisotopic (exact) mass is 232 g/mol. The molecule has 17 heavy (non-hydrogen) atoms. The lowest BCUT2D eigenvalue weighted by molar-refractivity contribution is -0.432. The Morgan fingerprint density at radius 3 is 2.47 bits per heavy atom. The first kappa shape index (κ1) is 11.2. The molecule has 0 aliphatic carbocycles. The van der Waals surface area contributed by atoms with Crippen LogP contribution in [0.4, 0.5) is 0 Å². The summed E-state index contributed by atoms with van der Waals surface area (Å²) in [7, 11) is 3.35. The van der Waals surface area contributed by atoms with Crippen LogP contribution in [0.5, 0.6) is 5.75 Å². The van der Waals surface area contributed by atoms with Crippen molar-refractivity contribution in [3.63, 3.8) is 0 Å². The van der Waals surface area contributed by atoms with Gasteiger partial charge in [0.05, 0.1) is 14.2 Å². The summed E-state index contributed by atoms with van der Waals surface area (Å²) in [5, 5.41) is 2.55. The zero-order valence-electron chi connectivity index (χ0n) is 9.73. The van der Waals surface area contributed by atoms with Crippen molar-refractivity contribution in [2.75, 3.05) is 14.2 Å². The van der Waals surface area contributed by atoms with Gasteiger partial charge in [0.15, 0.2) is 5.70 Å². The van der Waals surface area contributed by atoms with E-state index in [0.29, 0.717) is 11.7 Å². The number of carbonyl (C=O) groups excluding carboxylic acids is 1. The molecule has 0 atom stereocenters. The molecule has 1 heterocycles. The normalized spacial score (nSPS) is 17.5. The predicted octanol–water partition coefficient (Wildman–Crippen LogP) is 0.123. The summed E-state index contributed by atoms with van der Waals surface area (Å²) < 4.78 is 6.68. The average Bonchev–Trinajstić information content (AvgIpc) is 2.57. The summed E-state index contributed by atoms with van der Waals surface area (Å²) in [5.41, 5.74) is 7.04. The van der Waals surface area contributed by atoms with Crippen LogP contribution in [-0.4, -0.2) is 30.6 Å². The molecule has 0 saturated carbocycles. The molecule has 2 rings (SSSR count). The van der Waals surface area contributed by atoms with E-state index < -0.39 is 0 Å². The molecule has 1 aromatic rings. The molecule has 1 aliphatic heterocycles. The molecular weight excluding hydrogens is 218 g/mol. The Hall–Kier alpha value is -2.30. The Balaban J connectivity index is 2.33. The lowest BCUT2D eigenvalue weighted by atomic mass is 10.2. The molecule has 3 N–H and O–H groups in total. The number of carbonyl (C=O) groups is 1. The van der Waals surface area contributed by atoms with Crippen molar-refractivity contribution in [1.82, 2.24) is 5.32 Å². The smallest absolute Gasteiger partial charge is 0.356 e. The van der Waals surface area contributed by atoms with Gasteiger partial charge in [-0.1, -0.05) is 12.1 Å². The van der Waals surface area contributed by atoms with Crippen LogP contribution >= 0.6 is 0 Å². The second-order valence-electron chi connectivity index (χ2n) is 3.70. The van der Waals surface area contributed by atoms with Crippen molar-refractivity contribution in [2.24, 2.45) is 5.73 Å². The highest BCUT2D eigenvalue weighted by molar-refractivity contribution is 6.08. The highest BCUT2D eigenvalue weighted by Crippen LogP contribution is 2.15. The predicted molar refractivity (Wildman–Crippen MR) is 64.5 cm³/mol. The molecule has 5 heteroatoms. The van der Waals surface area contributed by atoms with Crippen LogP contribution in [0.25, 0.3) is 6.08 Å². The van der Waals surface area contributed by atoms with E-state index in [4.69, 9.17) is 10.5 Å². The minimum Gasteiger partial charge on any atom is -0.497 e. The van der Waals surface area contributed by atoms with E-state index >= 15 is 0 Å². The van der Waals surface area contributed by atoms with Crippen LogP contribution in [0.1, 0.15) is 5.56 Å². The number of hydrogen-bond donors (Lipinski definition) is 2. The molecule has 0 unspecified atom stereocenters. The molecule has 0 aromatic heterocycles. The number of amides is 1. The highest BCUT2D eigenvalue weighted by Gasteiger charge is 2.28. The maximum Gasteiger partial charge on any atom is 0.356 e. The molecule has 0 saturated heterocycles. The molecule has 1 aromatic carbocycles. The number of rotatable bonds is 2. The third-order valence-electron chi connectivity index (χ3n) is 2.62. The Bertz CT molecular complexity index is 515. The third-order valence-corrected chi connectivity index (χ3v) is 2.62. The van der Waals surface area contributed by atoms with E-state index in [9.17, 15) is 4.79 Å². The van der Waals surface area contributed by atoms with Gasteiger partial charge in [0.1, 0.15) is 5.75 Å². The standard InChI is InChI=1S/C12H13N3O2/c1-15-10(11(16)14-12(15)13)7-8-3-5-9(17-2)6-4-8/h3-7H,1-2H3,(H2,13,14,16)/p+1/b10-7-. The van der Waals surface area contributed by atoms with Gasteiger partial charge < -0.3 is 4.74 Å².